The van der Waals surface area contributed by atoms with Gasteiger partial charge in [-0.25, -0.2) is 4.98 Å². The van der Waals surface area contributed by atoms with Gasteiger partial charge in [0, 0.05) is 18.5 Å². The van der Waals surface area contributed by atoms with Crippen LogP contribution in [0.5, 0.6) is 0 Å². The lowest BCUT2D eigenvalue weighted by Crippen LogP contribution is -2.44. The molecule has 1 saturated carbocycles. The molecule has 146 valence electrons. The number of piperidine rings is 1. The van der Waals surface area contributed by atoms with Gasteiger partial charge in [-0.3, -0.25) is 9.69 Å². The number of likely N-dealkylation sites (tertiary alicyclic amines) is 1. The average Bonchev–Trinajstić information content (AvgIpc) is 3.06. The van der Waals surface area contributed by atoms with Crippen molar-refractivity contribution in [2.45, 2.75) is 71.0 Å². The van der Waals surface area contributed by atoms with Gasteiger partial charge in [0.15, 0.2) is 0 Å². The summed E-state index contributed by atoms with van der Waals surface area (Å²) in [6.45, 7) is 5.96. The van der Waals surface area contributed by atoms with Gasteiger partial charge in [-0.1, -0.05) is 31.4 Å². The molecule has 2 fully saturated rings. The number of rotatable bonds is 5. The second kappa shape index (κ2) is 8.42. The lowest BCUT2D eigenvalue weighted by molar-refractivity contribution is -0.127. The Bertz CT molecular complexity index is 770. The number of carbonyl (C=O) groups excluding carboxylic acids is 1. The number of imidazole rings is 1. The first kappa shape index (κ1) is 18.5. The minimum atomic E-state index is 0.188. The summed E-state index contributed by atoms with van der Waals surface area (Å²) in [5.74, 6) is 1.62. The van der Waals surface area contributed by atoms with Crippen LogP contribution in [0.1, 0.15) is 57.7 Å². The third kappa shape index (κ3) is 4.18. The van der Waals surface area contributed by atoms with Crippen molar-refractivity contribution in [2.24, 2.45) is 5.92 Å². The van der Waals surface area contributed by atoms with Crippen LogP contribution < -0.4 is 5.32 Å². The Morgan fingerprint density at radius 2 is 1.85 bits per heavy atom. The van der Waals surface area contributed by atoms with Crippen molar-refractivity contribution in [1.82, 2.24) is 19.8 Å². The fourth-order valence-corrected chi connectivity index (χ4v) is 4.72. The predicted octanol–water partition coefficient (Wildman–Crippen LogP) is 3.72. The van der Waals surface area contributed by atoms with Crippen LogP contribution in [-0.4, -0.2) is 39.5 Å². The molecule has 1 saturated heterocycles. The van der Waals surface area contributed by atoms with Gasteiger partial charge in [0.25, 0.3) is 0 Å². The Balaban J connectivity index is 1.32. The van der Waals surface area contributed by atoms with E-state index in [1.807, 2.05) is 0 Å². The number of fused-ring (bicyclic) bond motifs is 1. The van der Waals surface area contributed by atoms with E-state index in [0.29, 0.717) is 11.9 Å². The van der Waals surface area contributed by atoms with Gasteiger partial charge >= 0.3 is 0 Å². The smallest absolute Gasteiger partial charge is 0.223 e. The van der Waals surface area contributed by atoms with Gasteiger partial charge < -0.3 is 9.88 Å². The Morgan fingerprint density at radius 3 is 2.59 bits per heavy atom. The lowest BCUT2D eigenvalue weighted by atomic mass is 9.92. The molecule has 0 spiro atoms. The van der Waals surface area contributed by atoms with Gasteiger partial charge in [0.1, 0.15) is 5.82 Å². The molecule has 0 bridgehead atoms. The molecule has 4 rings (SSSR count). The zero-order chi connectivity index (χ0) is 18.6. The van der Waals surface area contributed by atoms with Crippen LogP contribution in [0.4, 0.5) is 0 Å². The highest BCUT2D eigenvalue weighted by atomic mass is 16.1. The van der Waals surface area contributed by atoms with E-state index in [2.05, 4.69) is 46.0 Å². The first-order valence-electron chi connectivity index (χ1n) is 10.7. The van der Waals surface area contributed by atoms with Crippen molar-refractivity contribution < 1.29 is 4.79 Å². The Morgan fingerprint density at radius 1 is 1.11 bits per heavy atom. The second-order valence-corrected chi connectivity index (χ2v) is 8.15. The molecule has 5 nitrogen and oxygen atoms in total. The van der Waals surface area contributed by atoms with Gasteiger partial charge in [0.2, 0.25) is 5.91 Å². The molecule has 1 aromatic heterocycles. The van der Waals surface area contributed by atoms with Crippen LogP contribution in [-0.2, 0) is 17.9 Å². The maximum Gasteiger partial charge on any atom is 0.223 e. The number of nitrogens with one attached hydrogen (secondary N) is 1. The minimum Gasteiger partial charge on any atom is -0.353 e. The highest BCUT2D eigenvalue weighted by Crippen LogP contribution is 2.23. The van der Waals surface area contributed by atoms with Crippen LogP contribution >= 0.6 is 0 Å². The fourth-order valence-electron chi connectivity index (χ4n) is 4.72. The summed E-state index contributed by atoms with van der Waals surface area (Å²) in [7, 11) is 0. The highest BCUT2D eigenvalue weighted by molar-refractivity contribution is 5.79. The molecular formula is C22H32N4O. The largest absolute Gasteiger partial charge is 0.353 e. The number of hydrogen-bond acceptors (Lipinski definition) is 3. The number of hydrogen-bond donors (Lipinski definition) is 1. The first-order valence-corrected chi connectivity index (χ1v) is 10.7. The second-order valence-electron chi connectivity index (χ2n) is 8.15. The monoisotopic (exact) mass is 368 g/mol. The Hall–Kier alpha value is -1.88. The molecule has 0 unspecified atom stereocenters. The number of aromatic nitrogens is 2. The lowest BCUT2D eigenvalue weighted by Gasteiger charge is -2.32. The van der Waals surface area contributed by atoms with Crippen molar-refractivity contribution >= 4 is 16.9 Å². The van der Waals surface area contributed by atoms with Crippen LogP contribution in [0.25, 0.3) is 11.0 Å². The van der Waals surface area contributed by atoms with Crippen molar-refractivity contribution in [3.63, 3.8) is 0 Å². The maximum atomic E-state index is 12.6. The van der Waals surface area contributed by atoms with E-state index in [1.165, 1.54) is 24.8 Å². The summed E-state index contributed by atoms with van der Waals surface area (Å²) in [4.78, 5) is 19.9. The Labute approximate surface area is 162 Å². The van der Waals surface area contributed by atoms with Gasteiger partial charge in [-0.2, -0.15) is 0 Å². The summed E-state index contributed by atoms with van der Waals surface area (Å²) in [6.07, 6.45) is 8.11. The molecule has 2 aliphatic rings. The third-order valence-corrected chi connectivity index (χ3v) is 6.32. The number of benzene rings is 1. The zero-order valence-electron chi connectivity index (χ0n) is 16.5. The van der Waals surface area contributed by atoms with Gasteiger partial charge in [-0.05, 0) is 57.8 Å². The van der Waals surface area contributed by atoms with E-state index >= 15 is 0 Å². The van der Waals surface area contributed by atoms with Gasteiger partial charge in [0.05, 0.1) is 17.6 Å². The first-order chi connectivity index (χ1) is 13.2. The number of carbonyl (C=O) groups is 1. The van der Waals surface area contributed by atoms with Gasteiger partial charge in [-0.15, -0.1) is 0 Å². The molecule has 0 atom stereocenters. The summed E-state index contributed by atoms with van der Waals surface area (Å²) < 4.78 is 2.32. The van der Waals surface area contributed by atoms with Crippen molar-refractivity contribution in [3.8, 4) is 0 Å². The Kier molecular flexibility index (Phi) is 5.77. The van der Waals surface area contributed by atoms with Crippen LogP contribution in [0.2, 0.25) is 0 Å². The van der Waals surface area contributed by atoms with Crippen LogP contribution in [0.3, 0.4) is 0 Å². The molecule has 1 aliphatic heterocycles. The number of aryl methyl sites for hydroxylation is 1. The zero-order valence-corrected chi connectivity index (χ0v) is 16.5. The van der Waals surface area contributed by atoms with E-state index in [1.54, 1.807) is 0 Å². The van der Waals surface area contributed by atoms with Crippen molar-refractivity contribution in [1.29, 1.82) is 0 Å². The standard InChI is InChI=1S/C22H32N4O/c1-2-26-20-11-7-6-10-19(20)24-21(26)16-25-14-12-17(13-15-25)22(27)23-18-8-4-3-5-9-18/h6-7,10-11,17-18H,2-5,8-9,12-16H2,1H3,(H,23,27). The molecule has 27 heavy (non-hydrogen) atoms. The number of para-hydroxylation sites is 2. The van der Waals surface area contributed by atoms with E-state index < -0.39 is 0 Å². The van der Waals surface area contributed by atoms with E-state index in [9.17, 15) is 4.79 Å². The predicted molar refractivity (Wildman–Crippen MR) is 108 cm³/mol. The molecule has 5 heteroatoms. The SMILES string of the molecule is CCn1c(CN2CCC(C(=O)NC3CCCCC3)CC2)nc2ccccc21. The van der Waals surface area contributed by atoms with Crippen molar-refractivity contribution in [3.05, 3.63) is 30.1 Å². The molecule has 1 aliphatic carbocycles. The van der Waals surface area contributed by atoms with Crippen LogP contribution in [0, 0.1) is 5.92 Å². The molecule has 2 aromatic rings. The highest BCUT2D eigenvalue weighted by Gasteiger charge is 2.27. The number of nitrogens with zero attached hydrogens (tertiary/aromatic N) is 3. The topological polar surface area (TPSA) is 50.2 Å². The third-order valence-electron chi connectivity index (χ3n) is 6.32. The molecule has 1 aromatic carbocycles. The summed E-state index contributed by atoms with van der Waals surface area (Å²) in [5.41, 5.74) is 2.30. The molecule has 2 heterocycles. The van der Waals surface area contributed by atoms with E-state index in [-0.39, 0.29) is 5.92 Å². The summed E-state index contributed by atoms with van der Waals surface area (Å²) in [5, 5.41) is 3.32. The molecular weight excluding hydrogens is 336 g/mol. The molecule has 1 N–H and O–H groups in total. The fraction of sp³-hybridized carbons (Fsp3) is 0.636. The normalized spacial score (nSPS) is 20.2. The van der Waals surface area contributed by atoms with E-state index in [0.717, 1.165) is 63.2 Å². The maximum absolute atomic E-state index is 12.6. The quantitative estimate of drug-likeness (QED) is 0.875. The average molecular weight is 369 g/mol. The minimum absolute atomic E-state index is 0.188. The van der Waals surface area contributed by atoms with E-state index in [4.69, 9.17) is 4.98 Å². The number of amides is 1. The molecule has 1 amide bonds. The summed E-state index contributed by atoms with van der Waals surface area (Å²) in [6, 6.07) is 8.80. The van der Waals surface area contributed by atoms with Crippen LogP contribution in [0.15, 0.2) is 24.3 Å². The summed E-state index contributed by atoms with van der Waals surface area (Å²) >= 11 is 0. The van der Waals surface area contributed by atoms with Crippen molar-refractivity contribution in [2.75, 3.05) is 13.1 Å². The molecule has 0 radical (unpaired) electrons.